The van der Waals surface area contributed by atoms with Gasteiger partial charge in [0, 0.05) is 12.1 Å². The highest BCUT2D eigenvalue weighted by Gasteiger charge is 2.31. The van der Waals surface area contributed by atoms with Crippen molar-refractivity contribution in [1.82, 2.24) is 15.6 Å². The van der Waals surface area contributed by atoms with Gasteiger partial charge in [-0.3, -0.25) is 9.59 Å². The second kappa shape index (κ2) is 4.74. The lowest BCUT2D eigenvalue weighted by Crippen LogP contribution is -2.26. The molecular weight excluding hydrogens is 394 g/mol. The van der Waals surface area contributed by atoms with Crippen LogP contribution in [0.2, 0.25) is 0 Å². The van der Waals surface area contributed by atoms with Gasteiger partial charge in [-0.1, -0.05) is 0 Å². The molecule has 1 aromatic rings. The monoisotopic (exact) mass is 401 g/mol. The SMILES string of the molecule is NC1=NC(=O)/C(=C2/CCNC(=O)c3[nH]c(Br)c(Br)c32)N1. The minimum absolute atomic E-state index is 0.0632. The minimum atomic E-state index is -0.429. The number of nitrogens with one attached hydrogen (secondary N) is 3. The van der Waals surface area contributed by atoms with Crippen molar-refractivity contribution in [2.24, 2.45) is 10.7 Å². The molecule has 3 rings (SSSR count). The molecule has 0 saturated heterocycles. The molecule has 5 N–H and O–H groups in total. The molecule has 0 bridgehead atoms. The highest BCUT2D eigenvalue weighted by molar-refractivity contribution is 9.13. The summed E-state index contributed by atoms with van der Waals surface area (Å²) in [5.74, 6) is -0.586. The van der Waals surface area contributed by atoms with Crippen LogP contribution in [-0.4, -0.2) is 29.3 Å². The van der Waals surface area contributed by atoms with E-state index in [1.165, 1.54) is 0 Å². The van der Waals surface area contributed by atoms with E-state index >= 15 is 0 Å². The molecule has 2 aliphatic rings. The Morgan fingerprint density at radius 1 is 1.25 bits per heavy atom. The Bertz CT molecular complexity index is 704. The summed E-state index contributed by atoms with van der Waals surface area (Å²) in [6.07, 6.45) is 0.499. The number of hydrogen-bond donors (Lipinski definition) is 4. The number of aromatic amines is 1. The van der Waals surface area contributed by atoms with Crippen molar-refractivity contribution < 1.29 is 9.59 Å². The maximum absolute atomic E-state index is 12.0. The maximum Gasteiger partial charge on any atom is 0.296 e. The fourth-order valence-electron chi connectivity index (χ4n) is 2.24. The lowest BCUT2D eigenvalue weighted by Gasteiger charge is -2.08. The van der Waals surface area contributed by atoms with Gasteiger partial charge in [0.2, 0.25) is 5.96 Å². The molecule has 0 atom stereocenters. The predicted octanol–water partition coefficient (Wildman–Crippen LogP) is 0.829. The zero-order chi connectivity index (χ0) is 14.4. The van der Waals surface area contributed by atoms with Gasteiger partial charge in [-0.2, -0.15) is 4.99 Å². The number of hydrogen-bond acceptors (Lipinski definition) is 4. The average molecular weight is 403 g/mol. The second-order valence-electron chi connectivity index (χ2n) is 4.29. The van der Waals surface area contributed by atoms with E-state index in [9.17, 15) is 9.59 Å². The normalized spacial score (nSPS) is 22.0. The Kier molecular flexibility index (Phi) is 3.17. The smallest absolute Gasteiger partial charge is 0.296 e. The van der Waals surface area contributed by atoms with Crippen LogP contribution in [0.5, 0.6) is 0 Å². The Balaban J connectivity index is 2.24. The number of aromatic nitrogens is 1. The van der Waals surface area contributed by atoms with E-state index in [-0.39, 0.29) is 11.9 Å². The Labute approximate surface area is 130 Å². The van der Waals surface area contributed by atoms with Gasteiger partial charge in [0.25, 0.3) is 11.8 Å². The Morgan fingerprint density at radius 3 is 2.65 bits per heavy atom. The van der Waals surface area contributed by atoms with Gasteiger partial charge in [0.15, 0.2) is 0 Å². The van der Waals surface area contributed by atoms with Crippen LogP contribution < -0.4 is 16.4 Å². The molecule has 104 valence electrons. The van der Waals surface area contributed by atoms with Crippen molar-refractivity contribution in [3.8, 4) is 0 Å². The highest BCUT2D eigenvalue weighted by atomic mass is 79.9. The van der Waals surface area contributed by atoms with Crippen LogP contribution in [0.3, 0.4) is 0 Å². The molecule has 7 nitrogen and oxygen atoms in total. The maximum atomic E-state index is 12.0. The van der Waals surface area contributed by atoms with Crippen molar-refractivity contribution in [1.29, 1.82) is 0 Å². The summed E-state index contributed by atoms with van der Waals surface area (Å²) in [6.45, 7) is 0.430. The predicted molar refractivity (Wildman–Crippen MR) is 79.8 cm³/mol. The molecule has 3 heterocycles. The van der Waals surface area contributed by atoms with Gasteiger partial charge in [-0.05, 0) is 43.9 Å². The summed E-state index contributed by atoms with van der Waals surface area (Å²) in [7, 11) is 0. The van der Waals surface area contributed by atoms with Crippen molar-refractivity contribution in [2.45, 2.75) is 6.42 Å². The Hall–Kier alpha value is -1.61. The van der Waals surface area contributed by atoms with Crippen molar-refractivity contribution in [2.75, 3.05) is 6.54 Å². The standard InChI is InChI=1S/C11H9Br2N5O2/c12-5-4-3(6-10(20)18-11(14)17-6)1-2-15-9(19)7(4)16-8(5)13/h16H,1-2H2,(H,15,19)(H3,14,17,18,20)/b6-3+. The quantitative estimate of drug-likeness (QED) is 0.481. The fourth-order valence-corrected chi connectivity index (χ4v) is 3.18. The van der Waals surface area contributed by atoms with Crippen LogP contribution in [0.25, 0.3) is 5.57 Å². The van der Waals surface area contributed by atoms with E-state index in [0.29, 0.717) is 44.6 Å². The van der Waals surface area contributed by atoms with Crippen LogP contribution in [0.4, 0.5) is 0 Å². The van der Waals surface area contributed by atoms with Crippen LogP contribution in [0.1, 0.15) is 22.5 Å². The topological polar surface area (TPSA) is 112 Å². The molecule has 0 aromatic carbocycles. The number of amides is 2. The third-order valence-electron chi connectivity index (χ3n) is 3.08. The number of nitrogens with zero attached hydrogens (tertiary/aromatic N) is 1. The summed E-state index contributed by atoms with van der Waals surface area (Å²) >= 11 is 6.75. The van der Waals surface area contributed by atoms with Gasteiger partial charge in [-0.25, -0.2) is 0 Å². The number of carbonyl (C=O) groups is 2. The Morgan fingerprint density at radius 2 is 2.00 bits per heavy atom. The van der Waals surface area contributed by atoms with E-state index in [4.69, 9.17) is 5.73 Å². The van der Waals surface area contributed by atoms with Gasteiger partial charge >= 0.3 is 0 Å². The average Bonchev–Trinajstić information content (AvgIpc) is 2.81. The number of fused-ring (bicyclic) bond motifs is 1. The highest BCUT2D eigenvalue weighted by Crippen LogP contribution is 2.38. The molecule has 0 unspecified atom stereocenters. The number of guanidine groups is 1. The first-order chi connectivity index (χ1) is 9.49. The third-order valence-corrected chi connectivity index (χ3v) is 5.00. The molecule has 1 aromatic heterocycles. The minimum Gasteiger partial charge on any atom is -0.369 e. The number of aliphatic imine (C=N–C) groups is 1. The lowest BCUT2D eigenvalue weighted by atomic mass is 10.0. The molecule has 0 fully saturated rings. The third kappa shape index (κ3) is 1.97. The first-order valence-electron chi connectivity index (χ1n) is 5.73. The summed E-state index contributed by atoms with van der Waals surface area (Å²) < 4.78 is 1.32. The molecule has 20 heavy (non-hydrogen) atoms. The summed E-state index contributed by atoms with van der Waals surface area (Å²) in [6, 6.07) is 0. The van der Waals surface area contributed by atoms with Gasteiger partial charge in [-0.15, -0.1) is 0 Å². The largest absolute Gasteiger partial charge is 0.369 e. The summed E-state index contributed by atoms with van der Waals surface area (Å²) in [5, 5.41) is 5.53. The van der Waals surface area contributed by atoms with E-state index in [1.807, 2.05) is 0 Å². The van der Waals surface area contributed by atoms with Gasteiger partial charge in [0.1, 0.15) is 11.4 Å². The number of H-pyrrole nitrogens is 1. The molecule has 0 spiro atoms. The van der Waals surface area contributed by atoms with E-state index < -0.39 is 5.91 Å². The van der Waals surface area contributed by atoms with E-state index in [0.717, 1.165) is 0 Å². The van der Waals surface area contributed by atoms with Crippen molar-refractivity contribution >= 4 is 55.2 Å². The van der Waals surface area contributed by atoms with Crippen LogP contribution in [0.15, 0.2) is 19.8 Å². The number of nitrogens with two attached hydrogens (primary N) is 1. The number of carbonyl (C=O) groups excluding carboxylic acids is 2. The molecule has 9 heteroatoms. The zero-order valence-corrected chi connectivity index (χ0v) is 13.2. The van der Waals surface area contributed by atoms with Crippen molar-refractivity contribution in [3.63, 3.8) is 0 Å². The molecule has 2 aliphatic heterocycles. The lowest BCUT2D eigenvalue weighted by molar-refractivity contribution is -0.114. The zero-order valence-electron chi connectivity index (χ0n) is 10.0. The number of halogens is 2. The molecular formula is C11H9Br2N5O2. The molecule has 0 saturated carbocycles. The van der Waals surface area contributed by atoms with Crippen LogP contribution in [0, 0.1) is 0 Å². The summed E-state index contributed by atoms with van der Waals surface area (Å²) in [4.78, 5) is 30.5. The first-order valence-corrected chi connectivity index (χ1v) is 7.32. The molecule has 0 radical (unpaired) electrons. The fraction of sp³-hybridized carbons (Fsp3) is 0.182. The second-order valence-corrected chi connectivity index (χ2v) is 5.88. The molecule has 0 aliphatic carbocycles. The van der Waals surface area contributed by atoms with Gasteiger partial charge in [0.05, 0.1) is 9.08 Å². The van der Waals surface area contributed by atoms with Crippen LogP contribution >= 0.6 is 31.9 Å². The van der Waals surface area contributed by atoms with E-state index in [1.54, 1.807) is 0 Å². The van der Waals surface area contributed by atoms with E-state index in [2.05, 4.69) is 52.5 Å². The summed E-state index contributed by atoms with van der Waals surface area (Å²) in [5.41, 5.74) is 7.57. The van der Waals surface area contributed by atoms with Gasteiger partial charge < -0.3 is 21.4 Å². The number of rotatable bonds is 0. The first kappa shape index (κ1) is 13.4. The molecule has 2 amide bonds. The van der Waals surface area contributed by atoms with Crippen molar-refractivity contribution in [3.05, 3.63) is 26.0 Å². The van der Waals surface area contributed by atoms with Crippen LogP contribution in [-0.2, 0) is 4.79 Å².